The van der Waals surface area contributed by atoms with Crippen molar-refractivity contribution in [2.45, 2.75) is 0 Å². The van der Waals surface area contributed by atoms with Crippen molar-refractivity contribution in [3.63, 3.8) is 0 Å². The summed E-state index contributed by atoms with van der Waals surface area (Å²) >= 11 is 0. The van der Waals surface area contributed by atoms with E-state index in [0.29, 0.717) is 5.56 Å². The van der Waals surface area contributed by atoms with Crippen LogP contribution in [-0.2, 0) is 10.1 Å². The summed E-state index contributed by atoms with van der Waals surface area (Å²) < 4.78 is 31.3. The largest absolute Gasteiger partial charge is 0.493 e. The van der Waals surface area contributed by atoms with E-state index in [2.05, 4.69) is 4.18 Å². The molecule has 80 valence electrons. The Balaban J connectivity index is 3.15. The SMILES string of the molecule is COc1cc(C#N)ccc1OS(C)(=O)=O. The summed E-state index contributed by atoms with van der Waals surface area (Å²) in [6, 6.07) is 6.13. The molecule has 0 aliphatic heterocycles. The van der Waals surface area contributed by atoms with Crippen LogP contribution in [0.1, 0.15) is 5.56 Å². The van der Waals surface area contributed by atoms with Crippen LogP contribution in [0.15, 0.2) is 18.2 Å². The summed E-state index contributed by atoms with van der Waals surface area (Å²) in [6.45, 7) is 0. The van der Waals surface area contributed by atoms with Crippen molar-refractivity contribution in [1.82, 2.24) is 0 Å². The predicted molar refractivity (Wildman–Crippen MR) is 53.2 cm³/mol. The van der Waals surface area contributed by atoms with Gasteiger partial charge >= 0.3 is 10.1 Å². The van der Waals surface area contributed by atoms with Gasteiger partial charge in [0.05, 0.1) is 25.0 Å². The van der Waals surface area contributed by atoms with E-state index < -0.39 is 10.1 Å². The molecule has 1 rings (SSSR count). The Bertz CT molecular complexity index is 501. The predicted octanol–water partition coefficient (Wildman–Crippen LogP) is 0.905. The minimum absolute atomic E-state index is 0.0685. The average molecular weight is 227 g/mol. The molecular weight excluding hydrogens is 218 g/mol. The zero-order valence-electron chi connectivity index (χ0n) is 8.22. The molecule has 0 fully saturated rings. The molecule has 15 heavy (non-hydrogen) atoms. The maximum absolute atomic E-state index is 10.9. The molecule has 0 radical (unpaired) electrons. The van der Waals surface area contributed by atoms with E-state index in [-0.39, 0.29) is 11.5 Å². The molecule has 6 heteroatoms. The van der Waals surface area contributed by atoms with Gasteiger partial charge in [0.2, 0.25) is 0 Å². The third-order valence-corrected chi connectivity index (χ3v) is 2.02. The van der Waals surface area contributed by atoms with E-state index in [0.717, 1.165) is 6.26 Å². The van der Waals surface area contributed by atoms with E-state index in [9.17, 15) is 8.42 Å². The number of methoxy groups -OCH3 is 1. The van der Waals surface area contributed by atoms with Crippen LogP contribution < -0.4 is 8.92 Å². The maximum Gasteiger partial charge on any atom is 0.306 e. The van der Waals surface area contributed by atoms with Crippen molar-refractivity contribution in [2.24, 2.45) is 0 Å². The number of benzene rings is 1. The monoisotopic (exact) mass is 227 g/mol. The van der Waals surface area contributed by atoms with Crippen LogP contribution in [-0.4, -0.2) is 21.8 Å². The van der Waals surface area contributed by atoms with Gasteiger partial charge in [-0.25, -0.2) is 0 Å². The Hall–Kier alpha value is -1.74. The minimum atomic E-state index is -3.59. The molecule has 0 atom stereocenters. The standard InChI is InChI=1S/C9H9NO4S/c1-13-9-5-7(6-10)3-4-8(9)14-15(2,11)12/h3-5H,1-2H3. The quantitative estimate of drug-likeness (QED) is 0.717. The molecule has 0 amide bonds. The van der Waals surface area contributed by atoms with E-state index in [1.165, 1.54) is 25.3 Å². The van der Waals surface area contributed by atoms with Gasteiger partial charge < -0.3 is 8.92 Å². The average Bonchev–Trinajstić information content (AvgIpc) is 2.16. The molecule has 0 aromatic heterocycles. The summed E-state index contributed by atoms with van der Waals surface area (Å²) in [6.07, 6.45) is 0.935. The van der Waals surface area contributed by atoms with Crippen LogP contribution in [0.4, 0.5) is 0 Å². The first-order valence-corrected chi connectivity index (χ1v) is 5.75. The molecule has 0 spiro atoms. The summed E-state index contributed by atoms with van der Waals surface area (Å²) in [7, 11) is -2.23. The molecule has 0 unspecified atom stereocenters. The Morgan fingerprint density at radius 2 is 2.00 bits per heavy atom. The van der Waals surface area contributed by atoms with Crippen molar-refractivity contribution in [3.05, 3.63) is 23.8 Å². The third-order valence-electron chi connectivity index (χ3n) is 1.53. The molecule has 0 saturated heterocycles. The lowest BCUT2D eigenvalue weighted by Crippen LogP contribution is -2.06. The Morgan fingerprint density at radius 1 is 1.33 bits per heavy atom. The molecule has 1 aromatic carbocycles. The highest BCUT2D eigenvalue weighted by atomic mass is 32.2. The first-order valence-electron chi connectivity index (χ1n) is 3.94. The minimum Gasteiger partial charge on any atom is -0.493 e. The van der Waals surface area contributed by atoms with E-state index in [4.69, 9.17) is 10.00 Å². The van der Waals surface area contributed by atoms with Gasteiger partial charge in [-0.3, -0.25) is 0 Å². The molecule has 0 heterocycles. The number of hydrogen-bond donors (Lipinski definition) is 0. The van der Waals surface area contributed by atoms with Crippen molar-refractivity contribution in [1.29, 1.82) is 5.26 Å². The van der Waals surface area contributed by atoms with E-state index in [1.807, 2.05) is 6.07 Å². The first kappa shape index (κ1) is 11.3. The van der Waals surface area contributed by atoms with Crippen molar-refractivity contribution >= 4 is 10.1 Å². The van der Waals surface area contributed by atoms with Crippen LogP contribution in [0.3, 0.4) is 0 Å². The number of hydrogen-bond acceptors (Lipinski definition) is 5. The molecule has 0 N–H and O–H groups in total. The molecular formula is C9H9NO4S. The topological polar surface area (TPSA) is 76.4 Å². The van der Waals surface area contributed by atoms with Gasteiger partial charge in [0.25, 0.3) is 0 Å². The fraction of sp³-hybridized carbons (Fsp3) is 0.222. The lowest BCUT2D eigenvalue weighted by Gasteiger charge is -2.08. The van der Waals surface area contributed by atoms with Crippen molar-refractivity contribution < 1.29 is 17.3 Å². The normalized spacial score (nSPS) is 10.5. The van der Waals surface area contributed by atoms with E-state index >= 15 is 0 Å². The number of rotatable bonds is 3. The van der Waals surface area contributed by atoms with Crippen LogP contribution in [0, 0.1) is 11.3 Å². The van der Waals surface area contributed by atoms with Crippen molar-refractivity contribution in [3.8, 4) is 17.6 Å². The second-order valence-electron chi connectivity index (χ2n) is 2.76. The fourth-order valence-electron chi connectivity index (χ4n) is 0.969. The maximum atomic E-state index is 10.9. The van der Waals surface area contributed by atoms with Gasteiger partial charge in [-0.05, 0) is 12.1 Å². The molecule has 0 aliphatic rings. The summed E-state index contributed by atoms with van der Waals surface area (Å²) in [5, 5.41) is 8.62. The highest BCUT2D eigenvalue weighted by molar-refractivity contribution is 7.86. The molecule has 5 nitrogen and oxygen atoms in total. The Kier molecular flexibility index (Phi) is 3.17. The first-order chi connectivity index (χ1) is 6.96. The van der Waals surface area contributed by atoms with Crippen LogP contribution in [0.25, 0.3) is 0 Å². The lowest BCUT2D eigenvalue weighted by atomic mass is 10.2. The van der Waals surface area contributed by atoms with Gasteiger partial charge in [0.15, 0.2) is 11.5 Å². The van der Waals surface area contributed by atoms with Gasteiger partial charge in [-0.15, -0.1) is 0 Å². The highest BCUT2D eigenvalue weighted by Crippen LogP contribution is 2.28. The zero-order chi connectivity index (χ0) is 11.5. The van der Waals surface area contributed by atoms with Crippen LogP contribution in [0.5, 0.6) is 11.5 Å². The summed E-state index contributed by atoms with van der Waals surface area (Å²) in [5.41, 5.74) is 0.368. The third kappa shape index (κ3) is 3.14. The number of nitriles is 1. The second-order valence-corrected chi connectivity index (χ2v) is 4.34. The van der Waals surface area contributed by atoms with Crippen LogP contribution in [0.2, 0.25) is 0 Å². The highest BCUT2D eigenvalue weighted by Gasteiger charge is 2.10. The number of ether oxygens (including phenoxy) is 1. The number of nitrogens with zero attached hydrogens (tertiary/aromatic N) is 1. The molecule has 1 aromatic rings. The summed E-state index contributed by atoms with van der Waals surface area (Å²) in [5.74, 6) is 0.276. The second kappa shape index (κ2) is 4.19. The van der Waals surface area contributed by atoms with Gasteiger partial charge in [-0.2, -0.15) is 13.7 Å². The van der Waals surface area contributed by atoms with Crippen LogP contribution >= 0.6 is 0 Å². The molecule has 0 saturated carbocycles. The van der Waals surface area contributed by atoms with Gasteiger partial charge in [0.1, 0.15) is 0 Å². The van der Waals surface area contributed by atoms with Crippen molar-refractivity contribution in [2.75, 3.05) is 13.4 Å². The van der Waals surface area contributed by atoms with Gasteiger partial charge in [-0.1, -0.05) is 0 Å². The van der Waals surface area contributed by atoms with Gasteiger partial charge in [0, 0.05) is 6.07 Å². The zero-order valence-corrected chi connectivity index (χ0v) is 9.04. The molecule has 0 bridgehead atoms. The molecule has 0 aliphatic carbocycles. The lowest BCUT2D eigenvalue weighted by molar-refractivity contribution is 0.391. The fourth-order valence-corrected chi connectivity index (χ4v) is 1.43. The summed E-state index contributed by atoms with van der Waals surface area (Å²) in [4.78, 5) is 0. The smallest absolute Gasteiger partial charge is 0.306 e. The Morgan fingerprint density at radius 3 is 2.47 bits per heavy atom. The van der Waals surface area contributed by atoms with E-state index in [1.54, 1.807) is 0 Å². The Labute approximate surface area is 88.0 Å².